The first-order valence-corrected chi connectivity index (χ1v) is 14.9. The molecule has 0 aliphatic carbocycles. The number of hydrogen-bond acceptors (Lipinski definition) is 4. The molecule has 0 spiro atoms. The Balaban J connectivity index is 2.08. The molecule has 0 aliphatic heterocycles. The number of hydrogen-bond donors (Lipinski definition) is 1. The summed E-state index contributed by atoms with van der Waals surface area (Å²) in [5, 5.41) is 2.97. The van der Waals surface area contributed by atoms with E-state index in [-0.39, 0.29) is 18.9 Å². The average molecular weight is 568 g/mol. The quantitative estimate of drug-likeness (QED) is 0.383. The zero-order valence-electron chi connectivity index (χ0n) is 23.9. The molecule has 0 aliphatic rings. The largest absolute Gasteiger partial charge is 0.350 e. The molecule has 214 valence electrons. The highest BCUT2D eigenvalue weighted by Crippen LogP contribution is 2.23. The lowest BCUT2D eigenvalue weighted by molar-refractivity contribution is -0.140. The Kier molecular flexibility index (Phi) is 9.73. The molecule has 40 heavy (non-hydrogen) atoms. The minimum Gasteiger partial charge on any atom is -0.350 e. The molecular formula is C31H38FN3O4S. The summed E-state index contributed by atoms with van der Waals surface area (Å²) in [6, 6.07) is 19.2. The lowest BCUT2D eigenvalue weighted by Crippen LogP contribution is -2.56. The Morgan fingerprint density at radius 3 is 2.08 bits per heavy atom. The molecule has 3 aromatic rings. The van der Waals surface area contributed by atoms with E-state index in [9.17, 15) is 22.4 Å². The number of aryl methyl sites for hydroxylation is 2. The van der Waals surface area contributed by atoms with Gasteiger partial charge in [0.25, 0.3) is 0 Å². The van der Waals surface area contributed by atoms with Gasteiger partial charge in [-0.05, 0) is 81.1 Å². The summed E-state index contributed by atoms with van der Waals surface area (Å²) in [4.78, 5) is 29.1. The van der Waals surface area contributed by atoms with Gasteiger partial charge in [0, 0.05) is 18.5 Å². The molecule has 0 heterocycles. The van der Waals surface area contributed by atoms with E-state index < -0.39 is 39.9 Å². The van der Waals surface area contributed by atoms with Gasteiger partial charge < -0.3 is 10.2 Å². The predicted molar refractivity (Wildman–Crippen MR) is 157 cm³/mol. The van der Waals surface area contributed by atoms with Gasteiger partial charge in [-0.3, -0.25) is 13.9 Å². The van der Waals surface area contributed by atoms with Crippen LogP contribution in [0.3, 0.4) is 0 Å². The summed E-state index contributed by atoms with van der Waals surface area (Å²) in [7, 11) is -3.85. The molecule has 1 N–H and O–H groups in total. The van der Waals surface area contributed by atoms with Gasteiger partial charge >= 0.3 is 0 Å². The molecule has 1 atom stereocenters. The van der Waals surface area contributed by atoms with Crippen molar-refractivity contribution in [3.63, 3.8) is 0 Å². The molecule has 0 unspecified atom stereocenters. The van der Waals surface area contributed by atoms with E-state index in [2.05, 4.69) is 5.32 Å². The summed E-state index contributed by atoms with van der Waals surface area (Å²) >= 11 is 0. The third-order valence-corrected chi connectivity index (χ3v) is 7.63. The van der Waals surface area contributed by atoms with Crippen LogP contribution in [0, 0.1) is 19.7 Å². The molecule has 0 fully saturated rings. The maximum Gasteiger partial charge on any atom is 0.244 e. The van der Waals surface area contributed by atoms with Gasteiger partial charge in [-0.2, -0.15) is 0 Å². The number of nitrogens with one attached hydrogen (secondary N) is 1. The summed E-state index contributed by atoms with van der Waals surface area (Å²) in [6.45, 7) is 8.82. The van der Waals surface area contributed by atoms with Crippen LogP contribution in [0.25, 0.3) is 0 Å². The van der Waals surface area contributed by atoms with Crippen molar-refractivity contribution in [2.24, 2.45) is 0 Å². The van der Waals surface area contributed by atoms with Crippen LogP contribution in [-0.2, 0) is 32.6 Å². The van der Waals surface area contributed by atoms with Gasteiger partial charge in [0.15, 0.2) is 0 Å². The van der Waals surface area contributed by atoms with E-state index in [0.717, 1.165) is 27.3 Å². The van der Waals surface area contributed by atoms with Crippen molar-refractivity contribution in [2.75, 3.05) is 17.1 Å². The minimum atomic E-state index is -3.85. The molecule has 9 heteroatoms. The van der Waals surface area contributed by atoms with Crippen molar-refractivity contribution in [1.29, 1.82) is 0 Å². The topological polar surface area (TPSA) is 86.8 Å². The second kappa shape index (κ2) is 12.6. The van der Waals surface area contributed by atoms with Crippen LogP contribution < -0.4 is 9.62 Å². The third-order valence-electron chi connectivity index (χ3n) is 6.49. The number of sulfonamides is 1. The Bertz CT molecular complexity index is 1440. The molecule has 2 amide bonds. The minimum absolute atomic E-state index is 0.0152. The second-order valence-electron chi connectivity index (χ2n) is 11.1. The summed E-state index contributed by atoms with van der Waals surface area (Å²) in [5.41, 5.74) is 3.10. The van der Waals surface area contributed by atoms with Crippen molar-refractivity contribution in [1.82, 2.24) is 10.2 Å². The predicted octanol–water partition coefficient (Wildman–Crippen LogP) is 4.76. The number of nitrogens with zero attached hydrogens (tertiary/aromatic N) is 2. The number of anilines is 1. The fourth-order valence-electron chi connectivity index (χ4n) is 4.29. The molecule has 3 aromatic carbocycles. The lowest BCUT2D eigenvalue weighted by atomic mass is 10.0. The van der Waals surface area contributed by atoms with Crippen molar-refractivity contribution in [3.05, 3.63) is 101 Å². The maximum absolute atomic E-state index is 14.1. The normalized spacial score (nSPS) is 12.5. The van der Waals surface area contributed by atoms with E-state index in [4.69, 9.17) is 0 Å². The van der Waals surface area contributed by atoms with E-state index in [1.165, 1.54) is 17.0 Å². The van der Waals surface area contributed by atoms with Gasteiger partial charge in [-0.1, -0.05) is 48.5 Å². The Labute approximate surface area is 237 Å². The SMILES string of the molecule is Cc1ccc(N(CC(=O)N(Cc2ccc(F)cc2)[C@H](Cc2ccccc2)C(=O)NC(C)(C)C)S(C)(=O)=O)cc1C. The number of carbonyl (C=O) groups is 2. The summed E-state index contributed by atoms with van der Waals surface area (Å²) < 4.78 is 40.5. The van der Waals surface area contributed by atoms with Crippen LogP contribution in [0.5, 0.6) is 0 Å². The van der Waals surface area contributed by atoms with Crippen molar-refractivity contribution >= 4 is 27.5 Å². The van der Waals surface area contributed by atoms with Crippen LogP contribution in [0.4, 0.5) is 10.1 Å². The van der Waals surface area contributed by atoms with Crippen LogP contribution in [0.2, 0.25) is 0 Å². The number of amides is 2. The molecule has 0 aromatic heterocycles. The first-order chi connectivity index (χ1) is 18.6. The van der Waals surface area contributed by atoms with Gasteiger partial charge in [0.1, 0.15) is 18.4 Å². The smallest absolute Gasteiger partial charge is 0.244 e. The van der Waals surface area contributed by atoms with E-state index in [0.29, 0.717) is 11.3 Å². The first kappa shape index (κ1) is 30.8. The fourth-order valence-corrected chi connectivity index (χ4v) is 5.13. The lowest BCUT2D eigenvalue weighted by Gasteiger charge is -2.35. The first-order valence-electron chi connectivity index (χ1n) is 13.1. The zero-order valence-corrected chi connectivity index (χ0v) is 24.8. The molecular weight excluding hydrogens is 529 g/mol. The Morgan fingerprint density at radius 2 is 1.52 bits per heavy atom. The van der Waals surface area contributed by atoms with Gasteiger partial charge in [0.05, 0.1) is 11.9 Å². The van der Waals surface area contributed by atoms with Crippen LogP contribution in [-0.4, -0.2) is 49.5 Å². The van der Waals surface area contributed by atoms with Crippen molar-refractivity contribution < 1.29 is 22.4 Å². The van der Waals surface area contributed by atoms with Gasteiger partial charge in [-0.15, -0.1) is 0 Å². The maximum atomic E-state index is 14.1. The Morgan fingerprint density at radius 1 is 0.900 bits per heavy atom. The third kappa shape index (κ3) is 8.64. The highest BCUT2D eigenvalue weighted by molar-refractivity contribution is 7.92. The van der Waals surface area contributed by atoms with Gasteiger partial charge in [0.2, 0.25) is 21.8 Å². The standard InChI is InChI=1S/C31H38FN3O4S/c1-22-12-17-27(18-23(22)2)35(40(6,38)39)21-29(36)34(20-25-13-15-26(32)16-14-25)28(30(37)33-31(3,4)5)19-24-10-8-7-9-11-24/h7-18,28H,19-21H2,1-6H3,(H,33,37)/t28-/m1/s1. The Hall–Kier alpha value is -3.72. The molecule has 7 nitrogen and oxygen atoms in total. The number of benzene rings is 3. The molecule has 3 rings (SSSR count). The second-order valence-corrected chi connectivity index (χ2v) is 13.0. The van der Waals surface area contributed by atoms with E-state index in [1.807, 2.05) is 65.0 Å². The summed E-state index contributed by atoms with van der Waals surface area (Å²) in [6.07, 6.45) is 1.26. The number of rotatable bonds is 10. The van der Waals surface area contributed by atoms with Crippen molar-refractivity contribution in [3.8, 4) is 0 Å². The number of halogens is 1. The zero-order chi connectivity index (χ0) is 29.7. The summed E-state index contributed by atoms with van der Waals surface area (Å²) in [5.74, 6) is -1.35. The molecule has 0 saturated carbocycles. The highest BCUT2D eigenvalue weighted by atomic mass is 32.2. The van der Waals surface area contributed by atoms with Crippen LogP contribution >= 0.6 is 0 Å². The van der Waals surface area contributed by atoms with Crippen molar-refractivity contribution in [2.45, 2.75) is 59.2 Å². The molecule has 0 bridgehead atoms. The van der Waals surface area contributed by atoms with Gasteiger partial charge in [-0.25, -0.2) is 12.8 Å². The van der Waals surface area contributed by atoms with E-state index in [1.54, 1.807) is 30.3 Å². The highest BCUT2D eigenvalue weighted by Gasteiger charge is 2.34. The van der Waals surface area contributed by atoms with Crippen LogP contribution in [0.1, 0.15) is 43.0 Å². The van der Waals surface area contributed by atoms with Crippen LogP contribution in [0.15, 0.2) is 72.8 Å². The molecule has 0 radical (unpaired) electrons. The molecule has 0 saturated heterocycles. The monoisotopic (exact) mass is 567 g/mol. The average Bonchev–Trinajstić information content (AvgIpc) is 2.86. The fraction of sp³-hybridized carbons (Fsp3) is 0.355. The van der Waals surface area contributed by atoms with E-state index >= 15 is 0 Å². The number of carbonyl (C=O) groups excluding carboxylic acids is 2.